The molecule has 0 atom stereocenters. The predicted molar refractivity (Wildman–Crippen MR) is 83.5 cm³/mol. The first kappa shape index (κ1) is 15.6. The Bertz CT molecular complexity index is 712. The van der Waals surface area contributed by atoms with Crippen molar-refractivity contribution >= 4 is 5.91 Å². The van der Waals surface area contributed by atoms with Crippen LogP contribution in [-0.4, -0.2) is 39.6 Å². The highest BCUT2D eigenvalue weighted by Gasteiger charge is 2.35. The fraction of sp³-hybridized carbons (Fsp3) is 0.412. The van der Waals surface area contributed by atoms with Gasteiger partial charge in [0.25, 0.3) is 11.8 Å². The van der Waals surface area contributed by atoms with Gasteiger partial charge in [-0.1, -0.05) is 12.1 Å². The molecule has 0 saturated carbocycles. The van der Waals surface area contributed by atoms with Gasteiger partial charge >= 0.3 is 0 Å². The highest BCUT2D eigenvalue weighted by Crippen LogP contribution is 2.29. The molecule has 3 rings (SSSR count). The minimum absolute atomic E-state index is 0.106. The van der Waals surface area contributed by atoms with Crippen molar-refractivity contribution in [2.75, 3.05) is 13.1 Å². The van der Waals surface area contributed by atoms with Gasteiger partial charge in [-0.2, -0.15) is 5.10 Å². The Balaban J connectivity index is 1.75. The number of nitrogens with zero attached hydrogens (tertiary/aromatic N) is 3. The quantitative estimate of drug-likeness (QED) is 0.852. The molecular weight excluding hydrogens is 300 g/mol. The molecule has 122 valence electrons. The first-order chi connectivity index (χ1) is 10.9. The first-order valence-electron chi connectivity index (χ1n) is 7.63. The van der Waals surface area contributed by atoms with E-state index in [1.807, 2.05) is 32.3 Å². The third-order valence-corrected chi connectivity index (χ3v) is 4.24. The Morgan fingerprint density at radius 3 is 2.30 bits per heavy atom. The molecule has 0 radical (unpaired) electrons. The fourth-order valence-corrected chi connectivity index (χ4v) is 2.89. The third-order valence-electron chi connectivity index (χ3n) is 4.24. The van der Waals surface area contributed by atoms with Gasteiger partial charge < -0.3 is 4.90 Å². The molecule has 2 heterocycles. The molecule has 1 saturated heterocycles. The highest BCUT2D eigenvalue weighted by atomic mass is 19.3. The number of benzene rings is 1. The van der Waals surface area contributed by atoms with Gasteiger partial charge in [-0.05, 0) is 24.6 Å². The van der Waals surface area contributed by atoms with Crippen LogP contribution in [0.2, 0.25) is 0 Å². The normalized spacial score (nSPS) is 17.3. The van der Waals surface area contributed by atoms with Gasteiger partial charge in [0.15, 0.2) is 0 Å². The lowest BCUT2D eigenvalue weighted by molar-refractivity contribution is -0.0494. The highest BCUT2D eigenvalue weighted by molar-refractivity contribution is 5.94. The minimum atomic E-state index is -2.64. The van der Waals surface area contributed by atoms with Gasteiger partial charge in [0.05, 0.1) is 5.69 Å². The van der Waals surface area contributed by atoms with Crippen LogP contribution in [0.5, 0.6) is 0 Å². The van der Waals surface area contributed by atoms with Crippen LogP contribution in [0.4, 0.5) is 8.78 Å². The zero-order chi connectivity index (χ0) is 16.6. The van der Waals surface area contributed by atoms with Gasteiger partial charge in [0.1, 0.15) is 0 Å². The average molecular weight is 319 g/mol. The Kier molecular flexibility index (Phi) is 3.92. The van der Waals surface area contributed by atoms with Crippen LogP contribution in [0, 0.1) is 6.92 Å². The second-order valence-corrected chi connectivity index (χ2v) is 6.03. The van der Waals surface area contributed by atoms with Crippen molar-refractivity contribution in [3.8, 4) is 11.1 Å². The predicted octanol–water partition coefficient (Wildman–Crippen LogP) is 3.27. The van der Waals surface area contributed by atoms with Crippen molar-refractivity contribution in [2.24, 2.45) is 7.05 Å². The van der Waals surface area contributed by atoms with Gasteiger partial charge in [0, 0.05) is 50.3 Å². The number of hydrogen-bond donors (Lipinski definition) is 0. The molecule has 1 aromatic carbocycles. The lowest BCUT2D eigenvalue weighted by atomic mass is 10.0. The molecular formula is C17H19F2N3O. The van der Waals surface area contributed by atoms with Crippen LogP contribution in [0.1, 0.15) is 28.9 Å². The number of hydrogen-bond acceptors (Lipinski definition) is 2. The Hall–Kier alpha value is -2.24. The Labute approximate surface area is 133 Å². The number of aryl methyl sites for hydroxylation is 2. The summed E-state index contributed by atoms with van der Waals surface area (Å²) in [6.45, 7) is 2.15. The number of amides is 1. The second kappa shape index (κ2) is 5.76. The summed E-state index contributed by atoms with van der Waals surface area (Å²) in [5.41, 5.74) is 3.45. The smallest absolute Gasteiger partial charge is 0.253 e. The summed E-state index contributed by atoms with van der Waals surface area (Å²) in [7, 11) is 1.86. The number of carbonyl (C=O) groups is 1. The molecule has 0 spiro atoms. The topological polar surface area (TPSA) is 38.1 Å². The van der Waals surface area contributed by atoms with E-state index in [1.165, 1.54) is 4.90 Å². The van der Waals surface area contributed by atoms with Crippen molar-refractivity contribution in [3.05, 3.63) is 41.7 Å². The number of carbonyl (C=O) groups excluding carboxylic acids is 1. The summed E-state index contributed by atoms with van der Waals surface area (Å²) in [5.74, 6) is -2.83. The minimum Gasteiger partial charge on any atom is -0.338 e. The van der Waals surface area contributed by atoms with Gasteiger partial charge in [-0.15, -0.1) is 0 Å². The summed E-state index contributed by atoms with van der Waals surface area (Å²) in [5, 5.41) is 4.30. The van der Waals surface area contributed by atoms with E-state index in [0.29, 0.717) is 5.56 Å². The molecule has 1 aliphatic rings. The van der Waals surface area contributed by atoms with Crippen LogP contribution in [0.25, 0.3) is 11.1 Å². The first-order valence-corrected chi connectivity index (χ1v) is 7.63. The lowest BCUT2D eigenvalue weighted by Crippen LogP contribution is -2.42. The molecule has 2 aromatic rings. The van der Waals surface area contributed by atoms with E-state index in [-0.39, 0.29) is 31.8 Å². The van der Waals surface area contributed by atoms with Crippen LogP contribution in [0.15, 0.2) is 30.5 Å². The molecule has 23 heavy (non-hydrogen) atoms. The van der Waals surface area contributed by atoms with Crippen LogP contribution in [-0.2, 0) is 7.05 Å². The summed E-state index contributed by atoms with van der Waals surface area (Å²) in [6.07, 6.45) is 1.41. The molecule has 0 unspecified atom stereocenters. The van der Waals surface area contributed by atoms with E-state index in [9.17, 15) is 13.6 Å². The zero-order valence-electron chi connectivity index (χ0n) is 13.2. The number of alkyl halides is 2. The molecule has 0 bridgehead atoms. The molecule has 1 aromatic heterocycles. The zero-order valence-corrected chi connectivity index (χ0v) is 13.2. The summed E-state index contributed by atoms with van der Waals surface area (Å²) < 4.78 is 28.1. The van der Waals surface area contributed by atoms with Gasteiger partial charge in [0.2, 0.25) is 0 Å². The molecule has 1 fully saturated rings. The summed E-state index contributed by atoms with van der Waals surface area (Å²) >= 11 is 0. The molecule has 1 aliphatic heterocycles. The van der Waals surface area contributed by atoms with Crippen molar-refractivity contribution < 1.29 is 13.6 Å². The largest absolute Gasteiger partial charge is 0.338 e. The number of piperidine rings is 1. The molecule has 6 heteroatoms. The van der Waals surface area contributed by atoms with E-state index < -0.39 is 5.92 Å². The maximum Gasteiger partial charge on any atom is 0.253 e. The Morgan fingerprint density at radius 1 is 1.17 bits per heavy atom. The monoisotopic (exact) mass is 319 g/mol. The SMILES string of the molecule is Cc1nn(C)cc1-c1ccc(C(=O)N2CCC(F)(F)CC2)cc1. The van der Waals surface area contributed by atoms with Gasteiger partial charge in [-0.3, -0.25) is 9.48 Å². The number of halogens is 2. The Morgan fingerprint density at radius 2 is 1.78 bits per heavy atom. The van der Waals surface area contributed by atoms with E-state index >= 15 is 0 Å². The van der Waals surface area contributed by atoms with E-state index in [0.717, 1.165) is 16.8 Å². The molecule has 4 nitrogen and oxygen atoms in total. The fourth-order valence-electron chi connectivity index (χ4n) is 2.89. The lowest BCUT2D eigenvalue weighted by Gasteiger charge is -2.31. The standard InChI is InChI=1S/C17H19F2N3O/c1-12-15(11-21(2)20-12)13-3-5-14(6-4-13)16(23)22-9-7-17(18,19)8-10-22/h3-6,11H,7-10H2,1-2H3. The van der Waals surface area contributed by atoms with Crippen molar-refractivity contribution in [1.82, 2.24) is 14.7 Å². The average Bonchev–Trinajstić information content (AvgIpc) is 2.85. The van der Waals surface area contributed by atoms with Crippen LogP contribution >= 0.6 is 0 Å². The molecule has 0 aliphatic carbocycles. The molecule has 0 N–H and O–H groups in total. The van der Waals surface area contributed by atoms with E-state index in [2.05, 4.69) is 5.10 Å². The molecule has 1 amide bonds. The van der Waals surface area contributed by atoms with Crippen molar-refractivity contribution in [3.63, 3.8) is 0 Å². The van der Waals surface area contributed by atoms with Gasteiger partial charge in [-0.25, -0.2) is 8.78 Å². The van der Waals surface area contributed by atoms with Crippen molar-refractivity contribution in [1.29, 1.82) is 0 Å². The number of rotatable bonds is 2. The van der Waals surface area contributed by atoms with E-state index in [1.54, 1.807) is 16.8 Å². The second-order valence-electron chi connectivity index (χ2n) is 6.03. The number of aromatic nitrogens is 2. The summed E-state index contributed by atoms with van der Waals surface area (Å²) in [6, 6.07) is 7.24. The van der Waals surface area contributed by atoms with Crippen molar-refractivity contribution in [2.45, 2.75) is 25.7 Å². The number of likely N-dealkylation sites (tertiary alicyclic amines) is 1. The van der Waals surface area contributed by atoms with Crippen LogP contribution < -0.4 is 0 Å². The maximum absolute atomic E-state index is 13.2. The third kappa shape index (κ3) is 3.25. The maximum atomic E-state index is 13.2. The van der Waals surface area contributed by atoms with E-state index in [4.69, 9.17) is 0 Å². The summed E-state index contributed by atoms with van der Waals surface area (Å²) in [4.78, 5) is 13.9. The van der Waals surface area contributed by atoms with Crippen LogP contribution in [0.3, 0.4) is 0 Å².